The van der Waals surface area contributed by atoms with E-state index in [2.05, 4.69) is 69.4 Å². The highest BCUT2D eigenvalue weighted by molar-refractivity contribution is 5.71. The molecule has 0 heterocycles. The van der Waals surface area contributed by atoms with Crippen LogP contribution < -0.4 is 0 Å². The largest absolute Gasteiger partial charge is 0.462 e. The molecule has 1 unspecified atom stereocenters. The van der Waals surface area contributed by atoms with E-state index in [1.54, 1.807) is 0 Å². The summed E-state index contributed by atoms with van der Waals surface area (Å²) in [5.74, 6) is -0.863. The molecule has 0 rings (SSSR count). The van der Waals surface area contributed by atoms with Crippen LogP contribution in [-0.4, -0.2) is 37.2 Å². The standard InChI is InChI=1S/C73H134O6/c1-4-7-10-13-16-19-22-25-28-30-32-34-36-37-38-40-41-43-45-48-51-54-57-60-63-66-72(75)78-69-70(68-77-71(74)65-62-59-56-53-50-47-27-24-21-18-15-12-9-6-3)79-73(76)67-64-61-58-55-52-49-46-44-42-39-35-33-31-29-26-23-20-17-14-11-8-5-2/h15,18,22,24-25,27,30,32,70H,4-14,16-17,19-21,23,26,28-29,31,33-69H2,1-3H3/b18-15-,25-22-,27-24-,32-30-. The molecule has 79 heavy (non-hydrogen) atoms. The minimum atomic E-state index is -0.778. The first-order chi connectivity index (χ1) is 39.0. The van der Waals surface area contributed by atoms with E-state index in [-0.39, 0.29) is 31.1 Å². The number of rotatable bonds is 65. The quantitative estimate of drug-likeness (QED) is 0.0261. The molecule has 6 nitrogen and oxygen atoms in total. The van der Waals surface area contributed by atoms with Crippen molar-refractivity contribution >= 4 is 17.9 Å². The van der Waals surface area contributed by atoms with Crippen LogP contribution in [0.15, 0.2) is 48.6 Å². The van der Waals surface area contributed by atoms with Crippen molar-refractivity contribution in [3.63, 3.8) is 0 Å². The summed E-state index contributed by atoms with van der Waals surface area (Å²) in [6, 6.07) is 0. The van der Waals surface area contributed by atoms with Crippen LogP contribution in [0.4, 0.5) is 0 Å². The van der Waals surface area contributed by atoms with Crippen molar-refractivity contribution < 1.29 is 28.6 Å². The zero-order valence-electron chi connectivity index (χ0n) is 53.2. The van der Waals surface area contributed by atoms with Gasteiger partial charge in [0.25, 0.3) is 0 Å². The van der Waals surface area contributed by atoms with Crippen molar-refractivity contribution in [1.29, 1.82) is 0 Å². The Morgan fingerprint density at radius 2 is 0.468 bits per heavy atom. The number of unbranched alkanes of at least 4 members (excludes halogenated alkanes) is 46. The number of esters is 3. The molecule has 0 radical (unpaired) electrons. The van der Waals surface area contributed by atoms with Crippen LogP contribution in [-0.2, 0) is 28.6 Å². The molecule has 0 aliphatic rings. The lowest BCUT2D eigenvalue weighted by molar-refractivity contribution is -0.167. The first kappa shape index (κ1) is 76.4. The molecule has 0 aliphatic heterocycles. The molecule has 0 N–H and O–H groups in total. The average Bonchev–Trinajstić information content (AvgIpc) is 3.45. The Morgan fingerprint density at radius 3 is 0.734 bits per heavy atom. The van der Waals surface area contributed by atoms with Crippen LogP contribution in [0.3, 0.4) is 0 Å². The van der Waals surface area contributed by atoms with Crippen LogP contribution in [0.2, 0.25) is 0 Å². The van der Waals surface area contributed by atoms with Gasteiger partial charge in [0.05, 0.1) is 0 Å². The molecule has 0 aromatic carbocycles. The first-order valence-corrected chi connectivity index (χ1v) is 35.1. The van der Waals surface area contributed by atoms with Gasteiger partial charge in [-0.25, -0.2) is 0 Å². The Hall–Kier alpha value is -2.63. The van der Waals surface area contributed by atoms with E-state index in [4.69, 9.17) is 14.2 Å². The number of allylic oxidation sites excluding steroid dienone is 8. The van der Waals surface area contributed by atoms with E-state index in [1.165, 1.54) is 257 Å². The molecule has 1 atom stereocenters. The summed E-state index contributed by atoms with van der Waals surface area (Å²) in [6.07, 6.45) is 85.6. The lowest BCUT2D eigenvalue weighted by Crippen LogP contribution is -2.30. The maximum Gasteiger partial charge on any atom is 0.306 e. The zero-order chi connectivity index (χ0) is 57.1. The van der Waals surface area contributed by atoms with Gasteiger partial charge in [0.1, 0.15) is 13.2 Å². The summed E-state index contributed by atoms with van der Waals surface area (Å²) >= 11 is 0. The Morgan fingerprint density at radius 1 is 0.253 bits per heavy atom. The predicted octanol–water partition coefficient (Wildman–Crippen LogP) is 24.1. The van der Waals surface area contributed by atoms with Gasteiger partial charge in [-0.05, 0) is 77.0 Å². The van der Waals surface area contributed by atoms with Crippen molar-refractivity contribution in [1.82, 2.24) is 0 Å². The van der Waals surface area contributed by atoms with E-state index < -0.39 is 6.10 Å². The molecule has 0 saturated heterocycles. The van der Waals surface area contributed by atoms with Crippen LogP contribution >= 0.6 is 0 Å². The van der Waals surface area contributed by atoms with Gasteiger partial charge in [0.2, 0.25) is 0 Å². The maximum absolute atomic E-state index is 13.0. The number of carbonyl (C=O) groups excluding carboxylic acids is 3. The molecule has 0 aromatic heterocycles. The molecule has 0 bridgehead atoms. The predicted molar refractivity (Wildman–Crippen MR) is 344 cm³/mol. The summed E-state index contributed by atoms with van der Waals surface area (Å²) in [7, 11) is 0. The van der Waals surface area contributed by atoms with Crippen molar-refractivity contribution in [2.45, 2.75) is 386 Å². The fourth-order valence-electron chi connectivity index (χ4n) is 10.5. The Bertz CT molecular complexity index is 1360. The summed E-state index contributed by atoms with van der Waals surface area (Å²) in [4.78, 5) is 38.4. The lowest BCUT2D eigenvalue weighted by atomic mass is 10.0. The molecule has 6 heteroatoms. The summed E-state index contributed by atoms with van der Waals surface area (Å²) in [5, 5.41) is 0. The lowest BCUT2D eigenvalue weighted by Gasteiger charge is -2.18. The van der Waals surface area contributed by atoms with Gasteiger partial charge in [-0.1, -0.05) is 333 Å². The van der Waals surface area contributed by atoms with Crippen LogP contribution in [0.5, 0.6) is 0 Å². The van der Waals surface area contributed by atoms with Crippen LogP contribution in [0, 0.1) is 0 Å². The zero-order valence-corrected chi connectivity index (χ0v) is 53.2. The van der Waals surface area contributed by atoms with Crippen molar-refractivity contribution in [3.8, 4) is 0 Å². The Labute approximate surface area is 492 Å². The molecule has 462 valence electrons. The van der Waals surface area contributed by atoms with Crippen molar-refractivity contribution in [2.24, 2.45) is 0 Å². The summed E-state index contributed by atoms with van der Waals surface area (Å²) in [5.41, 5.74) is 0. The number of hydrogen-bond acceptors (Lipinski definition) is 6. The minimum Gasteiger partial charge on any atom is -0.462 e. The van der Waals surface area contributed by atoms with E-state index in [0.29, 0.717) is 19.3 Å². The monoisotopic (exact) mass is 1110 g/mol. The SMILES string of the molecule is CCCC/C=C\C/C=C\CCCCCCCC(=O)OCC(COC(=O)CCCCCCCCCCCCCCC/C=C\C/C=C\CCCCCCC)OC(=O)CCCCCCCCCCCCCCCCCCCCCCCC. The maximum atomic E-state index is 13.0. The second-order valence-electron chi connectivity index (χ2n) is 23.8. The van der Waals surface area contributed by atoms with Gasteiger partial charge in [-0.15, -0.1) is 0 Å². The second kappa shape index (κ2) is 67.9. The highest BCUT2D eigenvalue weighted by Crippen LogP contribution is 2.18. The normalized spacial score (nSPS) is 12.3. The van der Waals surface area contributed by atoms with E-state index >= 15 is 0 Å². The van der Waals surface area contributed by atoms with Crippen LogP contribution in [0.1, 0.15) is 380 Å². The van der Waals surface area contributed by atoms with E-state index in [1.807, 2.05) is 0 Å². The highest BCUT2D eigenvalue weighted by Gasteiger charge is 2.19. The fraction of sp³-hybridized carbons (Fsp3) is 0.849. The molecule has 0 amide bonds. The number of carbonyl (C=O) groups is 3. The number of hydrogen-bond donors (Lipinski definition) is 0. The third-order valence-electron chi connectivity index (χ3n) is 15.8. The molecule has 0 spiro atoms. The van der Waals surface area contributed by atoms with Crippen molar-refractivity contribution in [2.75, 3.05) is 13.2 Å². The van der Waals surface area contributed by atoms with E-state index in [9.17, 15) is 14.4 Å². The molecular formula is C73H134O6. The second-order valence-corrected chi connectivity index (χ2v) is 23.8. The minimum absolute atomic E-state index is 0.0738. The van der Waals surface area contributed by atoms with Gasteiger partial charge in [-0.3, -0.25) is 14.4 Å². The fourth-order valence-corrected chi connectivity index (χ4v) is 10.5. The van der Waals surface area contributed by atoms with E-state index in [0.717, 1.165) is 83.5 Å². The first-order valence-electron chi connectivity index (χ1n) is 35.1. The molecule has 0 aliphatic carbocycles. The van der Waals surface area contributed by atoms with Gasteiger partial charge >= 0.3 is 17.9 Å². The topological polar surface area (TPSA) is 78.9 Å². The Balaban J connectivity index is 4.26. The van der Waals surface area contributed by atoms with Gasteiger partial charge < -0.3 is 14.2 Å². The van der Waals surface area contributed by atoms with Gasteiger partial charge in [0, 0.05) is 19.3 Å². The summed E-state index contributed by atoms with van der Waals surface area (Å²) < 4.78 is 17.0. The molecule has 0 saturated carbocycles. The number of ether oxygens (including phenoxy) is 3. The molecular weight excluding hydrogens is 973 g/mol. The van der Waals surface area contributed by atoms with Crippen molar-refractivity contribution in [3.05, 3.63) is 48.6 Å². The average molecular weight is 1110 g/mol. The summed E-state index contributed by atoms with van der Waals surface area (Å²) in [6.45, 7) is 6.65. The molecule has 0 aromatic rings. The Kier molecular flexibility index (Phi) is 65.6. The highest BCUT2D eigenvalue weighted by atomic mass is 16.6. The smallest absolute Gasteiger partial charge is 0.306 e. The third kappa shape index (κ3) is 66.1. The third-order valence-corrected chi connectivity index (χ3v) is 15.8. The van der Waals surface area contributed by atoms with Gasteiger partial charge in [0.15, 0.2) is 6.10 Å². The van der Waals surface area contributed by atoms with Crippen LogP contribution in [0.25, 0.3) is 0 Å². The van der Waals surface area contributed by atoms with Gasteiger partial charge in [-0.2, -0.15) is 0 Å². The molecule has 0 fully saturated rings.